The number of carbonyl (C=O) groups is 1. The van der Waals surface area contributed by atoms with E-state index in [0.717, 1.165) is 37.4 Å². The molecule has 0 spiro atoms. The molecule has 0 bridgehead atoms. The van der Waals surface area contributed by atoms with Crippen LogP contribution in [0.1, 0.15) is 16.7 Å². The number of ether oxygens (including phenoxy) is 1. The first-order valence-electron chi connectivity index (χ1n) is 8.52. The molecule has 0 fully saturated rings. The van der Waals surface area contributed by atoms with Gasteiger partial charge in [0.05, 0.1) is 40.0 Å². The Labute approximate surface area is 189 Å². The smallest absolute Gasteiger partial charge is 0.401 e. The van der Waals surface area contributed by atoms with Crippen molar-refractivity contribution in [2.45, 2.75) is 11.6 Å². The molecule has 0 saturated heterocycles. The lowest BCUT2D eigenvalue weighted by Crippen LogP contribution is -2.53. The van der Waals surface area contributed by atoms with Gasteiger partial charge in [0.15, 0.2) is 0 Å². The third-order valence-corrected chi connectivity index (χ3v) is 6.29. The van der Waals surface area contributed by atoms with Crippen molar-refractivity contribution in [3.05, 3.63) is 67.9 Å². The lowest BCUT2D eigenvalue weighted by atomic mass is 9.68. The molecular formula is C20H11Cl3F4N2O2. The minimum absolute atomic E-state index is 0.0226. The van der Waals surface area contributed by atoms with Gasteiger partial charge in [-0.2, -0.15) is 18.4 Å². The van der Waals surface area contributed by atoms with Crippen LogP contribution in [0.4, 0.5) is 17.6 Å². The van der Waals surface area contributed by atoms with E-state index in [1.54, 1.807) is 6.07 Å². The predicted molar refractivity (Wildman–Crippen MR) is 107 cm³/mol. The van der Waals surface area contributed by atoms with Crippen molar-refractivity contribution in [2.75, 3.05) is 13.7 Å². The van der Waals surface area contributed by atoms with E-state index in [2.05, 4.69) is 9.73 Å². The van der Waals surface area contributed by atoms with Crippen LogP contribution in [0.3, 0.4) is 0 Å². The molecule has 1 aliphatic rings. The van der Waals surface area contributed by atoms with E-state index in [-0.39, 0.29) is 26.3 Å². The molecule has 0 amide bonds. The average Bonchev–Trinajstić information content (AvgIpc) is 3.13. The maximum atomic E-state index is 14.6. The van der Waals surface area contributed by atoms with Gasteiger partial charge in [-0.25, -0.2) is 4.39 Å². The summed E-state index contributed by atoms with van der Waals surface area (Å²) in [4.78, 5) is 16.6. The van der Waals surface area contributed by atoms with Crippen LogP contribution in [0.25, 0.3) is 0 Å². The number of hydrogen-bond acceptors (Lipinski definition) is 4. The molecule has 0 aromatic heterocycles. The van der Waals surface area contributed by atoms with E-state index in [9.17, 15) is 22.4 Å². The van der Waals surface area contributed by atoms with Gasteiger partial charge in [0.25, 0.3) is 0 Å². The highest BCUT2D eigenvalue weighted by atomic mass is 35.5. The highest BCUT2D eigenvalue weighted by Crippen LogP contribution is 2.53. The molecule has 1 aliphatic heterocycles. The molecule has 2 atom stereocenters. The Balaban J connectivity index is 2.29. The lowest BCUT2D eigenvalue weighted by molar-refractivity contribution is -0.200. The summed E-state index contributed by atoms with van der Waals surface area (Å²) in [5.74, 6) is -4.06. The Hall–Kier alpha value is -2.34. The minimum Gasteiger partial charge on any atom is -0.468 e. The zero-order chi connectivity index (χ0) is 23.1. The summed E-state index contributed by atoms with van der Waals surface area (Å²) >= 11 is 17.8. The van der Waals surface area contributed by atoms with Gasteiger partial charge in [0, 0.05) is 0 Å². The topological polar surface area (TPSA) is 62.5 Å². The van der Waals surface area contributed by atoms with E-state index >= 15 is 0 Å². The first-order valence-corrected chi connectivity index (χ1v) is 9.65. The summed E-state index contributed by atoms with van der Waals surface area (Å²) < 4.78 is 62.2. The fourth-order valence-electron chi connectivity index (χ4n) is 3.57. The van der Waals surface area contributed by atoms with Crippen molar-refractivity contribution in [3.8, 4) is 6.07 Å². The second-order valence-corrected chi connectivity index (χ2v) is 7.88. The monoisotopic (exact) mass is 492 g/mol. The number of carbonyl (C=O) groups excluding carboxylic acids is 1. The molecule has 2 aromatic rings. The summed E-state index contributed by atoms with van der Waals surface area (Å²) in [6, 6.07) is 6.63. The Morgan fingerprint density at radius 2 is 1.84 bits per heavy atom. The average molecular weight is 494 g/mol. The van der Waals surface area contributed by atoms with Crippen LogP contribution in [0.2, 0.25) is 15.1 Å². The lowest BCUT2D eigenvalue weighted by Gasteiger charge is -2.36. The number of methoxy groups -OCH3 is 1. The second-order valence-electron chi connectivity index (χ2n) is 6.69. The van der Waals surface area contributed by atoms with E-state index in [1.165, 1.54) is 0 Å². The van der Waals surface area contributed by atoms with Crippen LogP contribution in [0.5, 0.6) is 0 Å². The van der Waals surface area contributed by atoms with Crippen molar-refractivity contribution in [2.24, 2.45) is 10.9 Å². The van der Waals surface area contributed by atoms with Gasteiger partial charge in [-0.05, 0) is 35.4 Å². The molecule has 3 rings (SSSR count). The number of rotatable bonds is 3. The first kappa shape index (κ1) is 23.3. The van der Waals surface area contributed by atoms with Crippen molar-refractivity contribution in [1.82, 2.24) is 0 Å². The number of halogens is 7. The van der Waals surface area contributed by atoms with Crippen molar-refractivity contribution in [3.63, 3.8) is 0 Å². The number of esters is 1. The minimum atomic E-state index is -5.00. The van der Waals surface area contributed by atoms with Crippen molar-refractivity contribution >= 4 is 46.5 Å². The number of hydrogen-bond donors (Lipinski definition) is 0. The highest BCUT2D eigenvalue weighted by Gasteiger charge is 2.67. The highest BCUT2D eigenvalue weighted by molar-refractivity contribution is 6.48. The molecule has 162 valence electrons. The predicted octanol–water partition coefficient (Wildman–Crippen LogP) is 5.75. The number of nitriles is 1. The summed E-state index contributed by atoms with van der Waals surface area (Å²) in [7, 11) is 0.937. The van der Waals surface area contributed by atoms with Crippen molar-refractivity contribution in [1.29, 1.82) is 5.26 Å². The van der Waals surface area contributed by atoms with Gasteiger partial charge in [-0.15, -0.1) is 0 Å². The molecule has 0 radical (unpaired) electrons. The van der Waals surface area contributed by atoms with Gasteiger partial charge in [0.2, 0.25) is 0 Å². The van der Waals surface area contributed by atoms with Gasteiger partial charge >= 0.3 is 12.1 Å². The summed E-state index contributed by atoms with van der Waals surface area (Å²) in [5.41, 5.74) is -4.05. The second kappa shape index (κ2) is 8.30. The third-order valence-electron chi connectivity index (χ3n) is 5.09. The van der Waals surface area contributed by atoms with Crippen LogP contribution in [0, 0.1) is 23.1 Å². The molecule has 31 heavy (non-hydrogen) atoms. The zero-order valence-corrected chi connectivity index (χ0v) is 17.8. The quantitative estimate of drug-likeness (QED) is 0.311. The SMILES string of the molecule is COC(=O)C1C(c2ccc(F)c(C#N)c2)=NCC1(c1cc(Cl)c(Cl)c(Cl)c1)C(F)(F)F. The summed E-state index contributed by atoms with van der Waals surface area (Å²) in [5, 5.41) is 8.44. The molecule has 0 N–H and O–H groups in total. The molecule has 11 heteroatoms. The molecular weight excluding hydrogens is 483 g/mol. The van der Waals surface area contributed by atoms with E-state index in [1.807, 2.05) is 0 Å². The molecule has 2 aromatic carbocycles. The third kappa shape index (κ3) is 3.75. The summed E-state index contributed by atoms with van der Waals surface area (Å²) in [6.07, 6.45) is -5.00. The Bertz CT molecular complexity index is 1120. The molecule has 2 unspecified atom stereocenters. The standard InChI is InChI=1S/C20H11Cl3F4N2O2/c1-31-18(30)15-17(9-2-3-14(24)10(4-9)7-28)29-8-19(15,20(25,26)27)11-5-12(21)16(23)13(22)6-11/h2-6,15H,8H2,1H3. The molecule has 0 saturated carbocycles. The van der Waals surface area contributed by atoms with Crippen LogP contribution in [-0.2, 0) is 14.9 Å². The van der Waals surface area contributed by atoms with Gasteiger partial charge in [0.1, 0.15) is 23.2 Å². The molecule has 1 heterocycles. The zero-order valence-electron chi connectivity index (χ0n) is 15.5. The number of benzene rings is 2. The normalized spacial score (nSPS) is 20.9. The molecule has 4 nitrogen and oxygen atoms in total. The van der Waals surface area contributed by atoms with Crippen LogP contribution in [-0.4, -0.2) is 31.5 Å². The number of nitrogens with zero attached hydrogens (tertiary/aromatic N) is 2. The number of aliphatic imine (C=N–C) groups is 1. The fourth-order valence-corrected chi connectivity index (χ4v) is 4.17. The van der Waals surface area contributed by atoms with Crippen molar-refractivity contribution < 1.29 is 27.1 Å². The van der Waals surface area contributed by atoms with E-state index in [0.29, 0.717) is 0 Å². The van der Waals surface area contributed by atoms with Gasteiger partial charge < -0.3 is 4.74 Å². The maximum Gasteiger partial charge on any atom is 0.401 e. The Morgan fingerprint density at radius 3 is 2.35 bits per heavy atom. The Morgan fingerprint density at radius 1 is 1.23 bits per heavy atom. The Kier molecular flexibility index (Phi) is 6.25. The van der Waals surface area contributed by atoms with E-state index < -0.39 is 47.0 Å². The van der Waals surface area contributed by atoms with Gasteiger partial charge in [-0.1, -0.05) is 40.9 Å². The van der Waals surface area contributed by atoms with Crippen LogP contribution >= 0.6 is 34.8 Å². The largest absolute Gasteiger partial charge is 0.468 e. The van der Waals surface area contributed by atoms with Gasteiger partial charge in [-0.3, -0.25) is 9.79 Å². The molecule has 0 aliphatic carbocycles. The number of alkyl halides is 3. The summed E-state index contributed by atoms with van der Waals surface area (Å²) in [6.45, 7) is -0.890. The maximum absolute atomic E-state index is 14.6. The first-order chi connectivity index (χ1) is 14.5. The van der Waals surface area contributed by atoms with E-state index in [4.69, 9.17) is 40.1 Å². The van der Waals surface area contributed by atoms with Crippen LogP contribution in [0.15, 0.2) is 35.3 Å². The fraction of sp³-hybridized carbons (Fsp3) is 0.250. The van der Waals surface area contributed by atoms with Crippen LogP contribution < -0.4 is 0 Å².